The quantitative estimate of drug-likeness (QED) is 0.0603. The fourth-order valence-electron chi connectivity index (χ4n) is 17.6. The number of hydrogen-bond acceptors (Lipinski definition) is 21. The largest absolute Gasteiger partial charge is 0.573 e. The summed E-state index contributed by atoms with van der Waals surface area (Å²) in [5, 5.41) is 4.77. The number of pyridine rings is 3. The van der Waals surface area contributed by atoms with Gasteiger partial charge in [-0.3, -0.25) is 47.6 Å². The molecule has 2 aliphatic heterocycles. The summed E-state index contributed by atoms with van der Waals surface area (Å²) >= 11 is 6.02. The molecule has 0 N–H and O–H groups in total. The molecule has 0 radical (unpaired) electrons. The van der Waals surface area contributed by atoms with Gasteiger partial charge < -0.3 is 23.2 Å². The first-order valence-electron chi connectivity index (χ1n) is 46.2. The molecule has 3 aliphatic rings. The van der Waals surface area contributed by atoms with Crippen molar-refractivity contribution in [2.45, 2.75) is 128 Å². The monoisotopic (exact) mass is 2090 g/mol. The Kier molecular flexibility index (Phi) is 27.7. The van der Waals surface area contributed by atoms with E-state index in [0.717, 1.165) is 93.6 Å². The second-order valence-corrected chi connectivity index (χ2v) is 36.5. The highest BCUT2D eigenvalue weighted by molar-refractivity contribution is 6.29. The SMILES string of the molecule is CC(C)c1ncccc1-c1ncc2c(n1)N(C1(c3ccc(-c4nc(C(F)(F)F)cn4C)cc3)CC1)C(=O)C2.Cc1cc(Cl)nn1-c1ccc(CN2C(=O)Cc3cnc(-c4cccnc4C(C)C)nc32)cc1.Cn1cc(C(F)(F)F)nc1-c1ccc(Cn2c(=O)n(C)c3cnc(-c4ccccc4OC(F)(F)F)nc32)cc1.Cn1cc(C(F)(F)F)nc1-c1ccc(Cn2c(=O)n(C)c3cnc(-c4cccnc4OCC(F)(F)F)nc32)cc1. The molecule has 1 saturated carbocycles. The van der Waals surface area contributed by atoms with Gasteiger partial charge in [-0.15, -0.1) is 13.2 Å². The highest BCUT2D eigenvalue weighted by atomic mass is 35.5. The molecule has 31 nitrogen and oxygen atoms in total. The van der Waals surface area contributed by atoms with Gasteiger partial charge in [-0.25, -0.2) is 74.1 Å². The number of nitrogens with zero attached hydrogens (tertiary/aromatic N) is 25. The molecule has 13 aromatic heterocycles. The van der Waals surface area contributed by atoms with E-state index in [4.69, 9.17) is 26.3 Å². The first kappa shape index (κ1) is 103. The Morgan fingerprint density at radius 3 is 1.28 bits per heavy atom. The maximum atomic E-state index is 13.3. The highest BCUT2D eigenvalue weighted by Crippen LogP contribution is 2.55. The third-order valence-corrected chi connectivity index (χ3v) is 25.1. The third kappa shape index (κ3) is 21.5. The Bertz CT molecular complexity index is 8310. The standard InChI is InChI=1S/C28H25F3N6O.C25H23ClN6O.C25H19F6N7O2.C25H18F6N6O2/c1-16(2)23-20(5-4-12-32-23)24-33-14-18-13-22(38)37(26(18)35-24)27(10-11-27)19-8-6-17(7-9-19)25-34-21(15-36(25)3)28(29,30)31;1-15(2)23-20(5-4-10-27-23)24-28-13-18-12-22(33)31(25(18)29-24)14-17-6-8-19(9-7-17)32-16(3)11-21(26)30-32;1-36-12-18(25(29,30)31)34-20(36)15-7-5-14(6-8-15)11-38-21-17(37(2)23(38)39)10-33-19(35-21)16-4-3-9-32-22(16)40-13-24(26,27)28;1-35-13-19(24(26,27)28)33-21(35)15-9-7-14(8-10-15)12-37-22-17(36(2)23(37)38)11-32-20(34-22)16-5-3-4-6-18(16)39-25(29,30)31/h4-9,12,14-16H,10-11,13H2,1-3H3;4-11,13,15H,12,14H2,1-3H3;3-10,12H,11,13H2,1-2H3;3-11,13H,12H2,1-2H3. The van der Waals surface area contributed by atoms with Crippen molar-refractivity contribution in [3.05, 3.63) is 319 Å². The zero-order valence-corrected chi connectivity index (χ0v) is 81.6. The first-order valence-corrected chi connectivity index (χ1v) is 46.5. The van der Waals surface area contributed by atoms with Crippen molar-refractivity contribution in [1.82, 2.24) is 112 Å². The normalized spacial score (nSPS) is 13.5. The summed E-state index contributed by atoms with van der Waals surface area (Å²) < 4.78 is 214. The lowest BCUT2D eigenvalue weighted by Crippen LogP contribution is -2.38. The van der Waals surface area contributed by atoms with Crippen LogP contribution in [0, 0.1) is 6.92 Å². The van der Waals surface area contributed by atoms with E-state index >= 15 is 0 Å². The van der Waals surface area contributed by atoms with Crippen molar-refractivity contribution < 1.29 is 84.9 Å². The molecule has 47 heteroatoms. The van der Waals surface area contributed by atoms with Crippen molar-refractivity contribution in [3.8, 4) is 97.0 Å². The van der Waals surface area contributed by atoms with Crippen LogP contribution >= 0.6 is 11.6 Å². The van der Waals surface area contributed by atoms with E-state index in [1.807, 2.05) is 73.7 Å². The number of carbonyl (C=O) groups excluding carboxylic acids is 2. The number of alkyl halides is 15. The summed E-state index contributed by atoms with van der Waals surface area (Å²) in [6, 6.07) is 45.9. The fraction of sp³-hybridized carbons (Fsp3) is 0.252. The van der Waals surface area contributed by atoms with Crippen molar-refractivity contribution in [3.63, 3.8) is 0 Å². The second kappa shape index (κ2) is 40.3. The predicted molar refractivity (Wildman–Crippen MR) is 521 cm³/mol. The van der Waals surface area contributed by atoms with Crippen LogP contribution in [0.3, 0.4) is 0 Å². The van der Waals surface area contributed by atoms with Gasteiger partial charge in [0.15, 0.2) is 63.4 Å². The average Bonchev–Trinajstić information content (AvgIpc) is 1.55. The number of para-hydroxylation sites is 1. The number of fused-ring (bicyclic) bond motifs is 4. The molecule has 1 fully saturated rings. The molecule has 15 heterocycles. The number of amides is 2. The number of ether oxygens (including phenoxy) is 2. The van der Waals surface area contributed by atoms with Crippen LogP contribution in [0.2, 0.25) is 5.15 Å². The van der Waals surface area contributed by atoms with E-state index in [1.54, 1.807) is 99.9 Å². The Morgan fingerprint density at radius 2 is 0.840 bits per heavy atom. The topological polar surface area (TPSA) is 326 Å². The van der Waals surface area contributed by atoms with Crippen LogP contribution in [0.5, 0.6) is 11.6 Å². The predicted octanol–water partition coefficient (Wildman–Crippen LogP) is 20.3. The number of aromatic nitrogens is 23. The summed E-state index contributed by atoms with van der Waals surface area (Å²) in [5.41, 5.74) is 8.54. The van der Waals surface area contributed by atoms with Crippen LogP contribution in [-0.2, 0) is 101 Å². The molecular formula is C103H85ClF15N25O6. The van der Waals surface area contributed by atoms with Gasteiger partial charge in [0, 0.05) is 129 Å². The number of anilines is 2. The second-order valence-electron chi connectivity index (χ2n) is 36.2. The highest BCUT2D eigenvalue weighted by Gasteiger charge is 2.55. The van der Waals surface area contributed by atoms with Crippen LogP contribution in [-0.4, -0.2) is 142 Å². The Balaban J connectivity index is 0.000000131. The molecule has 5 aromatic carbocycles. The minimum atomic E-state index is -4.93. The van der Waals surface area contributed by atoms with Gasteiger partial charge in [0.25, 0.3) is 0 Å². The molecule has 150 heavy (non-hydrogen) atoms. The van der Waals surface area contributed by atoms with Gasteiger partial charge in [0.2, 0.25) is 17.7 Å². The van der Waals surface area contributed by atoms with E-state index in [0.29, 0.717) is 80.3 Å². The summed E-state index contributed by atoms with van der Waals surface area (Å²) in [5.74, 6) is 2.38. The van der Waals surface area contributed by atoms with E-state index in [2.05, 4.69) is 97.3 Å². The third-order valence-electron chi connectivity index (χ3n) is 25.0. The molecule has 0 unspecified atom stereocenters. The molecule has 21 rings (SSSR count). The van der Waals surface area contributed by atoms with Crippen molar-refractivity contribution in [2.24, 2.45) is 35.2 Å². The minimum Gasteiger partial charge on any atom is -0.467 e. The number of imidazole rings is 5. The summed E-state index contributed by atoms with van der Waals surface area (Å²) in [7, 11) is 7.48. The van der Waals surface area contributed by atoms with Gasteiger partial charge in [-0.05, 0) is 121 Å². The number of benzene rings is 5. The number of rotatable bonds is 21. The first-order chi connectivity index (χ1) is 71.1. The molecule has 770 valence electrons. The van der Waals surface area contributed by atoms with Crippen molar-refractivity contribution in [2.75, 3.05) is 16.4 Å². The molecule has 0 bridgehead atoms. The molecular weight excluding hydrogens is 2000 g/mol. The maximum Gasteiger partial charge on any atom is 0.573 e. The lowest BCUT2D eigenvalue weighted by molar-refractivity contribution is -0.274. The smallest absolute Gasteiger partial charge is 0.467 e. The summed E-state index contributed by atoms with van der Waals surface area (Å²) in [6.07, 6.45) is -7.32. The molecule has 0 spiro atoms. The van der Waals surface area contributed by atoms with Gasteiger partial charge >= 0.3 is 42.4 Å². The van der Waals surface area contributed by atoms with Gasteiger partial charge in [0.05, 0.1) is 78.6 Å². The van der Waals surface area contributed by atoms with Gasteiger partial charge in [-0.2, -0.15) is 57.8 Å². The Morgan fingerprint density at radius 1 is 0.433 bits per heavy atom. The van der Waals surface area contributed by atoms with Crippen LogP contribution < -0.4 is 30.7 Å². The summed E-state index contributed by atoms with van der Waals surface area (Å²) in [4.78, 5) is 116. The number of carbonyl (C=O) groups is 2. The van der Waals surface area contributed by atoms with E-state index in [-0.39, 0.29) is 101 Å². The van der Waals surface area contributed by atoms with Gasteiger partial charge in [0.1, 0.15) is 45.9 Å². The van der Waals surface area contributed by atoms with Crippen LogP contribution in [0.1, 0.15) is 120 Å². The van der Waals surface area contributed by atoms with E-state index in [1.165, 1.54) is 116 Å². The average molecular weight is 2090 g/mol. The molecule has 18 aromatic rings. The molecule has 1 aliphatic carbocycles. The van der Waals surface area contributed by atoms with Crippen molar-refractivity contribution in [1.29, 1.82) is 0 Å². The lowest BCUT2D eigenvalue weighted by atomic mass is 10.0. The Labute approximate surface area is 846 Å². The molecule has 0 saturated heterocycles. The van der Waals surface area contributed by atoms with Crippen LogP contribution in [0.15, 0.2) is 235 Å². The minimum absolute atomic E-state index is 0.00252. The van der Waals surface area contributed by atoms with Gasteiger partial charge in [-0.1, -0.05) is 136 Å². The number of hydrogen-bond donors (Lipinski definition) is 0. The maximum absolute atomic E-state index is 13.3. The Hall–Kier alpha value is -17.0. The van der Waals surface area contributed by atoms with Crippen molar-refractivity contribution >= 4 is 57.4 Å². The van der Waals surface area contributed by atoms with E-state index in [9.17, 15) is 85.0 Å². The molecule has 2 amide bonds. The van der Waals surface area contributed by atoms with E-state index < -0.39 is 77.4 Å². The fourth-order valence-corrected chi connectivity index (χ4v) is 17.8. The number of halogens is 16. The zero-order chi connectivity index (χ0) is 107. The lowest BCUT2D eigenvalue weighted by Gasteiger charge is -2.28. The number of aryl methyl sites for hydroxylation is 6. The summed E-state index contributed by atoms with van der Waals surface area (Å²) in [6.45, 7) is 9.23. The molecule has 0 atom stereocenters. The van der Waals surface area contributed by atoms with Crippen LogP contribution in [0.4, 0.5) is 77.5 Å². The van der Waals surface area contributed by atoms with Crippen LogP contribution in [0.25, 0.3) is 108 Å². The zero-order valence-electron chi connectivity index (χ0n) is 80.9.